The van der Waals surface area contributed by atoms with Crippen LogP contribution in [0.4, 0.5) is 10.5 Å². The van der Waals surface area contributed by atoms with Gasteiger partial charge in [0.15, 0.2) is 0 Å². The summed E-state index contributed by atoms with van der Waals surface area (Å²) in [7, 11) is 1.26. The third-order valence-electron chi connectivity index (χ3n) is 1.20. The second-order valence-electron chi connectivity index (χ2n) is 2.07. The molecule has 0 unspecified atom stereocenters. The first-order valence-electron chi connectivity index (χ1n) is 3.28. The van der Waals surface area contributed by atoms with Crippen molar-refractivity contribution in [3.05, 3.63) is 24.3 Å². The topological polar surface area (TPSA) is 58.6 Å². The number of nitrogens with one attached hydrogen (secondary N) is 1. The summed E-state index contributed by atoms with van der Waals surface area (Å²) < 4.78 is 4.34. The molecule has 0 fully saturated rings. The van der Waals surface area contributed by atoms with Crippen LogP contribution in [0.1, 0.15) is 0 Å². The highest BCUT2D eigenvalue weighted by atomic mass is 16.5. The van der Waals surface area contributed by atoms with Crippen LogP contribution in [-0.2, 0) is 4.74 Å². The van der Waals surface area contributed by atoms with E-state index < -0.39 is 6.09 Å². The molecule has 0 aliphatic heterocycles. The lowest BCUT2D eigenvalue weighted by molar-refractivity contribution is 0.187. The van der Waals surface area contributed by atoms with E-state index in [2.05, 4.69) is 16.1 Å². The van der Waals surface area contributed by atoms with Gasteiger partial charge < -0.3 is 9.84 Å². The molecule has 0 heterocycles. The van der Waals surface area contributed by atoms with Crippen molar-refractivity contribution in [3.8, 4) is 5.75 Å². The zero-order chi connectivity index (χ0) is 8.97. The number of aromatic hydroxyl groups is 1. The van der Waals surface area contributed by atoms with Crippen LogP contribution < -0.4 is 5.32 Å². The van der Waals surface area contributed by atoms with Crippen LogP contribution in [0.2, 0.25) is 0 Å². The van der Waals surface area contributed by atoms with Gasteiger partial charge in [0.1, 0.15) is 5.75 Å². The van der Waals surface area contributed by atoms with E-state index in [4.69, 9.17) is 5.11 Å². The first-order valence-corrected chi connectivity index (χ1v) is 3.28. The van der Waals surface area contributed by atoms with Crippen LogP contribution in [-0.4, -0.2) is 18.3 Å². The number of carbonyl (C=O) groups excluding carboxylic acids is 1. The summed E-state index contributed by atoms with van der Waals surface area (Å²) in [5, 5.41) is 11.3. The van der Waals surface area contributed by atoms with Crippen molar-refractivity contribution in [2.45, 2.75) is 0 Å². The summed E-state index contributed by atoms with van der Waals surface area (Å²) in [6.07, 6.45) is -0.586. The first-order chi connectivity index (χ1) is 5.72. The number of methoxy groups -OCH3 is 1. The van der Waals surface area contributed by atoms with Gasteiger partial charge in [-0.2, -0.15) is 0 Å². The van der Waals surface area contributed by atoms with E-state index in [-0.39, 0.29) is 5.75 Å². The van der Waals surface area contributed by atoms with Gasteiger partial charge in [-0.25, -0.2) is 4.79 Å². The van der Waals surface area contributed by atoms with Crippen LogP contribution in [0.15, 0.2) is 18.2 Å². The SMILES string of the molecule is COC(=O)Nc1[c]c(O)ccc1. The number of carbonyl (C=O) groups is 1. The molecule has 1 aromatic carbocycles. The van der Waals surface area contributed by atoms with Gasteiger partial charge >= 0.3 is 6.09 Å². The highest BCUT2D eigenvalue weighted by molar-refractivity contribution is 5.84. The molecule has 4 heteroatoms. The first kappa shape index (κ1) is 8.39. The second kappa shape index (κ2) is 3.61. The van der Waals surface area contributed by atoms with Crippen molar-refractivity contribution in [2.24, 2.45) is 0 Å². The molecule has 63 valence electrons. The van der Waals surface area contributed by atoms with Crippen LogP contribution in [0, 0.1) is 6.07 Å². The molecule has 0 aliphatic rings. The summed E-state index contributed by atoms with van der Waals surface area (Å²) in [5.41, 5.74) is 0.377. The Labute approximate surface area is 69.8 Å². The molecule has 2 N–H and O–H groups in total. The predicted molar refractivity (Wildman–Crippen MR) is 43.0 cm³/mol. The maximum Gasteiger partial charge on any atom is 0.411 e. The quantitative estimate of drug-likeness (QED) is 0.662. The van der Waals surface area contributed by atoms with Crippen LogP contribution in [0.25, 0.3) is 0 Å². The van der Waals surface area contributed by atoms with E-state index in [1.165, 1.54) is 13.2 Å². The molecule has 0 aromatic heterocycles. The second-order valence-corrected chi connectivity index (χ2v) is 2.07. The fraction of sp³-hybridized carbons (Fsp3) is 0.125. The fourth-order valence-electron chi connectivity index (χ4n) is 0.691. The molecule has 0 atom stereocenters. The van der Waals surface area contributed by atoms with Gasteiger partial charge in [0.05, 0.1) is 18.9 Å². The summed E-state index contributed by atoms with van der Waals surface area (Å²) in [6, 6.07) is 7.17. The minimum Gasteiger partial charge on any atom is -0.507 e. The summed E-state index contributed by atoms with van der Waals surface area (Å²) >= 11 is 0. The Hall–Kier alpha value is -1.71. The molecular formula is C8H8NO3. The zero-order valence-electron chi connectivity index (χ0n) is 6.50. The number of benzene rings is 1. The Bertz CT molecular complexity index is 285. The lowest BCUT2D eigenvalue weighted by atomic mass is 10.3. The molecule has 0 spiro atoms. The maximum absolute atomic E-state index is 10.7. The van der Waals surface area contributed by atoms with Gasteiger partial charge in [-0.1, -0.05) is 6.07 Å². The number of hydrogen-bond donors (Lipinski definition) is 2. The number of hydrogen-bond acceptors (Lipinski definition) is 3. The van der Waals surface area contributed by atoms with E-state index in [0.29, 0.717) is 5.69 Å². The Morgan fingerprint density at radius 1 is 1.67 bits per heavy atom. The maximum atomic E-state index is 10.7. The summed E-state index contributed by atoms with van der Waals surface area (Å²) in [5.74, 6) is -0.0242. The van der Waals surface area contributed by atoms with Gasteiger partial charge in [0.2, 0.25) is 0 Å². The number of ether oxygens (including phenoxy) is 1. The number of phenols is 1. The fourth-order valence-corrected chi connectivity index (χ4v) is 0.691. The standard InChI is InChI=1S/C8H8NO3/c1-12-8(11)9-6-3-2-4-7(10)5-6/h2-4,10H,1H3,(H,9,11). The van der Waals surface area contributed by atoms with Crippen LogP contribution in [0.3, 0.4) is 0 Å². The molecular weight excluding hydrogens is 158 g/mol. The van der Waals surface area contributed by atoms with E-state index in [1.54, 1.807) is 12.1 Å². The number of phenolic OH excluding ortho intramolecular Hbond substituents is 1. The molecule has 0 bridgehead atoms. The monoisotopic (exact) mass is 166 g/mol. The minimum atomic E-state index is -0.586. The lowest BCUT2D eigenvalue weighted by Gasteiger charge is -2.01. The molecule has 1 aromatic rings. The van der Waals surface area contributed by atoms with Gasteiger partial charge in [0, 0.05) is 0 Å². The molecule has 0 saturated carbocycles. The summed E-state index contributed by atoms with van der Waals surface area (Å²) in [6.45, 7) is 0. The van der Waals surface area contributed by atoms with Gasteiger partial charge in [-0.3, -0.25) is 5.32 Å². The summed E-state index contributed by atoms with van der Waals surface area (Å²) in [4.78, 5) is 10.7. The van der Waals surface area contributed by atoms with Crippen molar-refractivity contribution >= 4 is 11.8 Å². The van der Waals surface area contributed by atoms with E-state index in [0.717, 1.165) is 0 Å². The Balaban J connectivity index is 2.69. The van der Waals surface area contributed by atoms with Crippen molar-refractivity contribution in [2.75, 3.05) is 12.4 Å². The minimum absolute atomic E-state index is 0.0242. The average Bonchev–Trinajstić information content (AvgIpc) is 2.04. The molecule has 1 amide bonds. The molecule has 4 nitrogen and oxygen atoms in total. The van der Waals surface area contributed by atoms with Gasteiger partial charge in [0.25, 0.3) is 0 Å². The van der Waals surface area contributed by atoms with Crippen molar-refractivity contribution in [1.82, 2.24) is 0 Å². The molecule has 0 aliphatic carbocycles. The highest BCUT2D eigenvalue weighted by Crippen LogP contribution is 2.13. The number of anilines is 1. The highest BCUT2D eigenvalue weighted by Gasteiger charge is 2.00. The molecule has 0 saturated heterocycles. The van der Waals surface area contributed by atoms with Crippen LogP contribution in [0.5, 0.6) is 5.75 Å². The van der Waals surface area contributed by atoms with E-state index >= 15 is 0 Å². The largest absolute Gasteiger partial charge is 0.507 e. The molecule has 12 heavy (non-hydrogen) atoms. The molecule has 1 radical (unpaired) electrons. The van der Waals surface area contributed by atoms with Gasteiger partial charge in [-0.05, 0) is 12.1 Å². The van der Waals surface area contributed by atoms with Gasteiger partial charge in [-0.15, -0.1) is 0 Å². The Morgan fingerprint density at radius 3 is 3.00 bits per heavy atom. The van der Waals surface area contributed by atoms with Crippen LogP contribution >= 0.6 is 0 Å². The normalized spacial score (nSPS) is 9.08. The number of rotatable bonds is 1. The Morgan fingerprint density at radius 2 is 2.42 bits per heavy atom. The third-order valence-corrected chi connectivity index (χ3v) is 1.20. The molecule has 1 rings (SSSR count). The number of amides is 1. The van der Waals surface area contributed by atoms with E-state index in [1.807, 2.05) is 0 Å². The smallest absolute Gasteiger partial charge is 0.411 e. The van der Waals surface area contributed by atoms with Crippen molar-refractivity contribution in [1.29, 1.82) is 0 Å². The third kappa shape index (κ3) is 2.16. The van der Waals surface area contributed by atoms with E-state index in [9.17, 15) is 4.79 Å². The van der Waals surface area contributed by atoms with Crippen molar-refractivity contribution in [3.63, 3.8) is 0 Å². The van der Waals surface area contributed by atoms with Crippen molar-refractivity contribution < 1.29 is 14.6 Å². The lowest BCUT2D eigenvalue weighted by Crippen LogP contribution is -2.10. The zero-order valence-corrected chi connectivity index (χ0v) is 6.50. The predicted octanol–water partition coefficient (Wildman–Crippen LogP) is 1.37. The Kier molecular flexibility index (Phi) is 2.53. The average molecular weight is 166 g/mol.